The molecule has 0 unspecified atom stereocenters. The van der Waals surface area contributed by atoms with Crippen LogP contribution in [0.15, 0.2) is 23.2 Å². The molecular weight excluding hydrogens is 397 g/mol. The molecule has 1 fully saturated rings. The number of carbonyl (C=O) groups excluding carboxylic acids is 2. The predicted molar refractivity (Wildman–Crippen MR) is 96.4 cm³/mol. The first-order valence-electron chi connectivity index (χ1n) is 8.38. The Morgan fingerprint density at radius 1 is 1.44 bits per heavy atom. The Balaban J connectivity index is 0.00000210. The summed E-state index contributed by atoms with van der Waals surface area (Å²) in [5.41, 5.74) is 0.535. The van der Waals surface area contributed by atoms with Gasteiger partial charge in [0.05, 0.1) is 34.6 Å². The third kappa shape index (κ3) is 3.28. The molecule has 27 heavy (non-hydrogen) atoms. The summed E-state index contributed by atoms with van der Waals surface area (Å²) in [6.45, 7) is 5.74. The number of aliphatic carboxylic acids is 1. The van der Waals surface area contributed by atoms with Crippen LogP contribution in [0.25, 0.3) is 10.4 Å². The number of thiazole rings is 1. The molecule has 2 aromatic heterocycles. The van der Waals surface area contributed by atoms with Crippen LogP contribution in [0.3, 0.4) is 0 Å². The first kappa shape index (κ1) is 20.9. The third-order valence-electron chi connectivity index (χ3n) is 4.75. The maximum absolute atomic E-state index is 12.3. The Morgan fingerprint density at radius 3 is 2.74 bits per heavy atom. The molecule has 138 valence electrons. The zero-order chi connectivity index (χ0) is 18.7. The minimum atomic E-state index is -1.35. The van der Waals surface area contributed by atoms with Crippen molar-refractivity contribution in [3.8, 4) is 0 Å². The number of aliphatic hydroxyl groups excluding tert-OH is 1. The Hall–Kier alpha value is -0.840. The summed E-state index contributed by atoms with van der Waals surface area (Å²) in [5, 5.41) is 22.8. The summed E-state index contributed by atoms with van der Waals surface area (Å²) >= 11 is 3.12. The van der Waals surface area contributed by atoms with Crippen LogP contribution >= 0.6 is 23.1 Å². The van der Waals surface area contributed by atoms with E-state index in [-0.39, 0.29) is 47.2 Å². The summed E-state index contributed by atoms with van der Waals surface area (Å²) in [6.07, 6.45) is 3.17. The molecule has 4 rings (SSSR count). The number of imidazole rings is 1. The minimum absolute atomic E-state index is 0. The third-order valence-corrected chi connectivity index (χ3v) is 7.04. The van der Waals surface area contributed by atoms with Crippen LogP contribution in [0.5, 0.6) is 0 Å². The van der Waals surface area contributed by atoms with Crippen molar-refractivity contribution in [2.75, 3.05) is 0 Å². The van der Waals surface area contributed by atoms with E-state index < -0.39 is 18.0 Å². The van der Waals surface area contributed by atoms with Gasteiger partial charge in [-0.1, -0.05) is 13.8 Å². The number of carbonyl (C=O) groups is 2. The summed E-state index contributed by atoms with van der Waals surface area (Å²) in [6, 6.07) is -0.311. The number of amides is 1. The monoisotopic (exact) mass is 415 g/mol. The normalized spacial score (nSPS) is 22.9. The SMILES string of the molecule is CC(C)Sc1ncn2cc(C3=C(C(=O)[O-])N4C(=O)[C@H]([C@@H](C)O)[C@H]4C3)sc12.[Na+]. The molecule has 0 saturated carbocycles. The number of aromatic nitrogens is 2. The zero-order valence-corrected chi connectivity index (χ0v) is 19.1. The van der Waals surface area contributed by atoms with Gasteiger partial charge < -0.3 is 19.9 Å². The molecule has 0 aliphatic carbocycles. The maximum Gasteiger partial charge on any atom is 1.00 e. The Bertz CT molecular complexity index is 949. The molecular formula is C17H18N3NaO4S2. The van der Waals surface area contributed by atoms with E-state index in [1.54, 1.807) is 25.0 Å². The molecule has 0 bridgehead atoms. The molecule has 4 heterocycles. The number of hydrogen-bond acceptors (Lipinski definition) is 7. The standard InChI is InChI=1S/C17H19N3O4S2.Na/c1-7(2)25-14-16-19(6-18-14)5-11(26-16)9-4-10-12(8(3)21)15(22)20(10)13(9)17(23)24;/h5-8,10,12,21H,4H2,1-3H3,(H,23,24);/q;+1/p-1/t8-,10-,12-;/m1./s1. The molecule has 1 N–H and O–H groups in total. The van der Waals surface area contributed by atoms with Gasteiger partial charge in [0.2, 0.25) is 5.91 Å². The van der Waals surface area contributed by atoms with E-state index in [0.29, 0.717) is 17.2 Å². The molecule has 2 aliphatic rings. The fourth-order valence-corrected chi connectivity index (χ4v) is 5.75. The number of carboxylic acids is 1. The van der Waals surface area contributed by atoms with Gasteiger partial charge in [0, 0.05) is 11.4 Å². The zero-order valence-electron chi connectivity index (χ0n) is 15.5. The molecule has 7 nitrogen and oxygen atoms in total. The van der Waals surface area contributed by atoms with E-state index in [2.05, 4.69) is 18.8 Å². The number of aliphatic hydroxyl groups is 1. The second-order valence-corrected chi connectivity index (χ2v) is 9.48. The van der Waals surface area contributed by atoms with Gasteiger partial charge in [0.15, 0.2) is 0 Å². The predicted octanol–water partition coefficient (Wildman–Crippen LogP) is -2.03. The Morgan fingerprint density at radius 2 is 2.15 bits per heavy atom. The Kier molecular flexibility index (Phi) is 5.82. The van der Waals surface area contributed by atoms with Crippen molar-refractivity contribution >= 4 is 45.4 Å². The molecule has 0 radical (unpaired) electrons. The van der Waals surface area contributed by atoms with Gasteiger partial charge in [-0.15, -0.1) is 23.1 Å². The second-order valence-electron chi connectivity index (χ2n) is 6.88. The largest absolute Gasteiger partial charge is 1.00 e. The number of rotatable bonds is 5. The molecule has 1 amide bonds. The summed E-state index contributed by atoms with van der Waals surface area (Å²) < 4.78 is 1.88. The van der Waals surface area contributed by atoms with Gasteiger partial charge in [0.25, 0.3) is 0 Å². The topological polar surface area (TPSA) is 98.0 Å². The molecule has 10 heteroatoms. The van der Waals surface area contributed by atoms with Crippen molar-refractivity contribution < 1.29 is 49.4 Å². The van der Waals surface area contributed by atoms with Crippen molar-refractivity contribution in [1.29, 1.82) is 0 Å². The van der Waals surface area contributed by atoms with E-state index in [0.717, 1.165) is 14.7 Å². The van der Waals surface area contributed by atoms with Crippen LogP contribution in [0.4, 0.5) is 0 Å². The van der Waals surface area contributed by atoms with Gasteiger partial charge in [-0.05, 0) is 18.9 Å². The van der Waals surface area contributed by atoms with Crippen LogP contribution in [-0.4, -0.2) is 48.7 Å². The van der Waals surface area contributed by atoms with Crippen LogP contribution in [0.2, 0.25) is 0 Å². The molecule has 3 atom stereocenters. The van der Waals surface area contributed by atoms with Gasteiger partial charge in [-0.25, -0.2) is 4.98 Å². The van der Waals surface area contributed by atoms with Crippen LogP contribution in [-0.2, 0) is 9.59 Å². The number of β-lactam (4-membered cyclic amide) rings is 1. The first-order valence-corrected chi connectivity index (χ1v) is 10.1. The van der Waals surface area contributed by atoms with Crippen LogP contribution < -0.4 is 34.7 Å². The van der Waals surface area contributed by atoms with Gasteiger partial charge in [0.1, 0.15) is 16.2 Å². The van der Waals surface area contributed by atoms with Gasteiger partial charge in [-0.2, -0.15) is 0 Å². The van der Waals surface area contributed by atoms with Gasteiger partial charge in [-0.3, -0.25) is 9.20 Å². The number of hydrogen-bond donors (Lipinski definition) is 1. The molecule has 2 aromatic rings. The van der Waals surface area contributed by atoms with E-state index in [1.165, 1.54) is 16.2 Å². The summed E-state index contributed by atoms with van der Waals surface area (Å²) in [4.78, 5) is 31.4. The van der Waals surface area contributed by atoms with E-state index in [4.69, 9.17) is 0 Å². The van der Waals surface area contributed by atoms with Crippen molar-refractivity contribution in [2.45, 2.75) is 49.6 Å². The number of fused-ring (bicyclic) bond motifs is 2. The molecule has 0 spiro atoms. The fourth-order valence-electron chi connectivity index (χ4n) is 3.70. The fraction of sp³-hybridized carbons (Fsp3) is 0.471. The summed E-state index contributed by atoms with van der Waals surface area (Å²) in [7, 11) is 0. The molecule has 2 aliphatic heterocycles. The van der Waals surface area contributed by atoms with Crippen molar-refractivity contribution in [3.05, 3.63) is 23.1 Å². The average Bonchev–Trinajstić information content (AvgIpc) is 3.18. The van der Waals surface area contributed by atoms with Crippen LogP contribution in [0, 0.1) is 5.92 Å². The quantitative estimate of drug-likeness (QED) is 0.344. The van der Waals surface area contributed by atoms with E-state index >= 15 is 0 Å². The van der Waals surface area contributed by atoms with E-state index in [1.807, 2.05) is 10.6 Å². The number of carboxylic acid groups (broad SMARTS) is 1. The number of thioether (sulfide) groups is 1. The molecule has 1 saturated heterocycles. The first-order chi connectivity index (χ1) is 12.3. The maximum atomic E-state index is 12.3. The van der Waals surface area contributed by atoms with Crippen LogP contribution in [0.1, 0.15) is 32.1 Å². The van der Waals surface area contributed by atoms with Crippen molar-refractivity contribution in [3.63, 3.8) is 0 Å². The molecule has 0 aromatic carbocycles. The second kappa shape index (κ2) is 7.53. The summed E-state index contributed by atoms with van der Waals surface area (Å²) in [5.74, 6) is -2.26. The minimum Gasteiger partial charge on any atom is -0.543 e. The van der Waals surface area contributed by atoms with Crippen molar-refractivity contribution in [1.82, 2.24) is 14.3 Å². The Labute approximate surface area is 186 Å². The smallest absolute Gasteiger partial charge is 0.543 e. The van der Waals surface area contributed by atoms with Gasteiger partial charge >= 0.3 is 29.6 Å². The average molecular weight is 415 g/mol. The number of nitrogens with zero attached hydrogens (tertiary/aromatic N) is 3. The van der Waals surface area contributed by atoms with Crippen molar-refractivity contribution in [2.24, 2.45) is 5.92 Å². The van der Waals surface area contributed by atoms with E-state index in [9.17, 15) is 19.8 Å².